The summed E-state index contributed by atoms with van der Waals surface area (Å²) in [7, 11) is -1.40. The van der Waals surface area contributed by atoms with Gasteiger partial charge in [0.25, 0.3) is 0 Å². The van der Waals surface area contributed by atoms with Gasteiger partial charge in [0, 0.05) is 11.6 Å². The quantitative estimate of drug-likeness (QED) is 0.384. The number of halogens is 3. The van der Waals surface area contributed by atoms with Crippen LogP contribution in [0.4, 0.5) is 0 Å². The molecule has 0 bridgehead atoms. The molecule has 0 fully saturated rings. The van der Waals surface area contributed by atoms with Crippen molar-refractivity contribution in [1.29, 1.82) is 0 Å². The van der Waals surface area contributed by atoms with E-state index in [1.165, 1.54) is 0 Å². The Labute approximate surface area is 106 Å². The van der Waals surface area contributed by atoms with Gasteiger partial charge in [-0.2, -0.15) is 0 Å². The van der Waals surface area contributed by atoms with Crippen molar-refractivity contribution in [2.75, 3.05) is 0 Å². The van der Waals surface area contributed by atoms with E-state index in [4.69, 9.17) is 10.0 Å². The van der Waals surface area contributed by atoms with E-state index in [0.717, 1.165) is 11.6 Å². The number of hydrogen-bond acceptors (Lipinski definition) is 2. The second kappa shape index (κ2) is 4.58. The maximum Gasteiger partial charge on any atom is 0.489 e. The average Bonchev–Trinajstić information content (AvgIpc) is 1.96. The fourth-order valence-corrected chi connectivity index (χ4v) is 2.90. The van der Waals surface area contributed by atoms with Crippen molar-refractivity contribution in [3.63, 3.8) is 0 Å². The van der Waals surface area contributed by atoms with Crippen LogP contribution in [0.5, 0.6) is 0 Å². The zero-order valence-electron chi connectivity index (χ0n) is 5.76. The minimum atomic E-state index is -1.40. The molecular formula is C6H4BBrI2O2. The van der Waals surface area contributed by atoms with Crippen LogP contribution in [0.1, 0.15) is 0 Å². The second-order valence-corrected chi connectivity index (χ2v) is 5.32. The van der Waals surface area contributed by atoms with E-state index in [9.17, 15) is 0 Å². The molecule has 0 radical (unpaired) electrons. The molecule has 0 saturated heterocycles. The summed E-state index contributed by atoms with van der Waals surface area (Å²) < 4.78 is 2.74. The van der Waals surface area contributed by atoms with Crippen molar-refractivity contribution in [1.82, 2.24) is 0 Å². The number of rotatable bonds is 1. The molecule has 0 atom stereocenters. The standard InChI is InChI=1S/C6H4BBrI2O2/c8-3-1-4(7(11)12)6(10)5(9)2-3/h1-2,11-12H. The first-order valence-electron chi connectivity index (χ1n) is 3.03. The van der Waals surface area contributed by atoms with Gasteiger partial charge in [0.15, 0.2) is 0 Å². The average molecular weight is 453 g/mol. The molecule has 2 nitrogen and oxygen atoms in total. The molecule has 1 aromatic carbocycles. The van der Waals surface area contributed by atoms with Crippen LogP contribution in [0.25, 0.3) is 0 Å². The largest absolute Gasteiger partial charge is 0.489 e. The lowest BCUT2D eigenvalue weighted by molar-refractivity contribution is 0.425. The summed E-state index contributed by atoms with van der Waals surface area (Å²) in [5.41, 5.74) is 0.536. The fraction of sp³-hybridized carbons (Fsp3) is 0. The van der Waals surface area contributed by atoms with Crippen LogP contribution < -0.4 is 5.46 Å². The van der Waals surface area contributed by atoms with Crippen LogP contribution in [-0.4, -0.2) is 17.2 Å². The first-order valence-corrected chi connectivity index (χ1v) is 5.98. The zero-order chi connectivity index (χ0) is 9.30. The first kappa shape index (κ1) is 11.2. The summed E-state index contributed by atoms with van der Waals surface area (Å²) >= 11 is 7.52. The highest BCUT2D eigenvalue weighted by Gasteiger charge is 2.17. The van der Waals surface area contributed by atoms with Crippen molar-refractivity contribution in [2.24, 2.45) is 0 Å². The van der Waals surface area contributed by atoms with E-state index in [1.54, 1.807) is 6.07 Å². The maximum atomic E-state index is 8.98. The number of hydrogen-bond donors (Lipinski definition) is 2. The van der Waals surface area contributed by atoms with Crippen LogP contribution in [0.3, 0.4) is 0 Å². The predicted molar refractivity (Wildman–Crippen MR) is 69.4 cm³/mol. The summed E-state index contributed by atoms with van der Waals surface area (Å²) in [6.45, 7) is 0. The van der Waals surface area contributed by atoms with E-state index in [1.807, 2.05) is 6.07 Å². The van der Waals surface area contributed by atoms with Gasteiger partial charge in [-0.25, -0.2) is 0 Å². The Morgan fingerprint density at radius 3 is 2.33 bits per heavy atom. The highest BCUT2D eigenvalue weighted by Crippen LogP contribution is 2.18. The summed E-state index contributed by atoms with van der Waals surface area (Å²) in [4.78, 5) is 0. The van der Waals surface area contributed by atoms with Gasteiger partial charge in [0.2, 0.25) is 0 Å². The summed E-state index contributed by atoms with van der Waals surface area (Å²) in [5, 5.41) is 18.0. The lowest BCUT2D eigenvalue weighted by Gasteiger charge is -2.05. The van der Waals surface area contributed by atoms with E-state index in [-0.39, 0.29) is 0 Å². The molecule has 0 aliphatic carbocycles. The SMILES string of the molecule is OB(O)c1cc(Br)cc(I)c1I. The van der Waals surface area contributed by atoms with Crippen LogP contribution in [0.15, 0.2) is 16.6 Å². The molecule has 0 amide bonds. The van der Waals surface area contributed by atoms with Gasteiger partial charge < -0.3 is 10.0 Å². The van der Waals surface area contributed by atoms with Crippen LogP contribution in [0, 0.1) is 7.14 Å². The van der Waals surface area contributed by atoms with Crippen molar-refractivity contribution in [2.45, 2.75) is 0 Å². The van der Waals surface area contributed by atoms with E-state index >= 15 is 0 Å². The molecule has 1 rings (SSSR count). The van der Waals surface area contributed by atoms with E-state index < -0.39 is 7.12 Å². The normalized spacial score (nSPS) is 10.1. The van der Waals surface area contributed by atoms with E-state index in [0.29, 0.717) is 5.46 Å². The van der Waals surface area contributed by atoms with Gasteiger partial charge in [-0.15, -0.1) is 0 Å². The third kappa shape index (κ3) is 2.57. The summed E-state index contributed by atoms with van der Waals surface area (Å²) in [6.07, 6.45) is 0. The van der Waals surface area contributed by atoms with Gasteiger partial charge >= 0.3 is 7.12 Å². The molecule has 0 heterocycles. The molecule has 0 unspecified atom stereocenters. The highest BCUT2D eigenvalue weighted by atomic mass is 127. The Morgan fingerprint density at radius 1 is 1.25 bits per heavy atom. The minimum Gasteiger partial charge on any atom is -0.423 e. The highest BCUT2D eigenvalue weighted by molar-refractivity contribution is 14.1. The van der Waals surface area contributed by atoms with Crippen LogP contribution >= 0.6 is 61.1 Å². The topological polar surface area (TPSA) is 40.5 Å². The summed E-state index contributed by atoms with van der Waals surface area (Å²) in [5.74, 6) is 0. The van der Waals surface area contributed by atoms with Crippen molar-refractivity contribution in [3.8, 4) is 0 Å². The van der Waals surface area contributed by atoms with Gasteiger partial charge in [0.1, 0.15) is 0 Å². The van der Waals surface area contributed by atoms with Gasteiger partial charge in [-0.3, -0.25) is 0 Å². The Bertz CT molecular complexity index is 306. The predicted octanol–water partition coefficient (Wildman–Crippen LogP) is 1.34. The maximum absolute atomic E-state index is 8.98. The molecule has 0 saturated carbocycles. The third-order valence-corrected chi connectivity index (χ3v) is 4.84. The monoisotopic (exact) mass is 452 g/mol. The summed E-state index contributed by atoms with van der Waals surface area (Å²) in [6, 6.07) is 3.63. The molecule has 12 heavy (non-hydrogen) atoms. The van der Waals surface area contributed by atoms with Crippen molar-refractivity contribution in [3.05, 3.63) is 23.7 Å². The van der Waals surface area contributed by atoms with E-state index in [2.05, 4.69) is 61.1 Å². The van der Waals surface area contributed by atoms with Crippen molar-refractivity contribution < 1.29 is 10.0 Å². The minimum absolute atomic E-state index is 0.536. The molecule has 0 aliphatic rings. The third-order valence-electron chi connectivity index (χ3n) is 1.30. The lowest BCUT2D eigenvalue weighted by Crippen LogP contribution is -2.33. The Balaban J connectivity index is 3.28. The zero-order valence-corrected chi connectivity index (χ0v) is 11.7. The molecule has 1 aromatic rings. The Morgan fingerprint density at radius 2 is 1.83 bits per heavy atom. The molecule has 64 valence electrons. The number of benzene rings is 1. The molecule has 2 N–H and O–H groups in total. The van der Waals surface area contributed by atoms with Gasteiger partial charge in [0.05, 0.1) is 0 Å². The molecule has 6 heteroatoms. The Kier molecular flexibility index (Phi) is 4.28. The Hall–Kier alpha value is 1.14. The van der Waals surface area contributed by atoms with Crippen LogP contribution in [-0.2, 0) is 0 Å². The van der Waals surface area contributed by atoms with Gasteiger partial charge in [-0.1, -0.05) is 15.9 Å². The molecule has 0 aromatic heterocycles. The fourth-order valence-electron chi connectivity index (χ4n) is 0.764. The van der Waals surface area contributed by atoms with Crippen molar-refractivity contribution >= 4 is 73.7 Å². The smallest absolute Gasteiger partial charge is 0.423 e. The van der Waals surface area contributed by atoms with Gasteiger partial charge in [-0.05, 0) is 62.8 Å². The first-order chi connectivity index (χ1) is 5.52. The van der Waals surface area contributed by atoms with Crippen LogP contribution in [0.2, 0.25) is 0 Å². The lowest BCUT2D eigenvalue weighted by atomic mass is 9.80. The second-order valence-electron chi connectivity index (χ2n) is 2.16. The molecule has 0 spiro atoms. The molecular weight excluding hydrogens is 449 g/mol. The molecule has 0 aliphatic heterocycles.